The van der Waals surface area contributed by atoms with Crippen molar-refractivity contribution in [1.82, 2.24) is 83.7 Å². The highest BCUT2D eigenvalue weighted by Gasteiger charge is 2.42. The van der Waals surface area contributed by atoms with Crippen LogP contribution in [0.25, 0.3) is 10.9 Å². The normalized spacial score (nSPS) is 16.4. The number of aliphatic carboxylic acids is 2. The summed E-state index contributed by atoms with van der Waals surface area (Å²) in [6, 6.07) is -14.2. The van der Waals surface area contributed by atoms with Gasteiger partial charge in [-0.3, -0.25) is 71.9 Å². The molecule has 580 valence electrons. The van der Waals surface area contributed by atoms with Gasteiger partial charge in [0.25, 0.3) is 0 Å². The highest BCUT2D eigenvalue weighted by Crippen LogP contribution is 2.22. The molecule has 1 aliphatic heterocycles. The maximum Gasteiger partial charge on any atom is 0.326 e. The van der Waals surface area contributed by atoms with Gasteiger partial charge in [0.05, 0.1) is 51.6 Å². The van der Waals surface area contributed by atoms with E-state index in [2.05, 4.69) is 78.8 Å². The van der Waals surface area contributed by atoms with Crippen LogP contribution in [0.3, 0.4) is 0 Å². The molecule has 4 rings (SSSR count). The van der Waals surface area contributed by atoms with Gasteiger partial charge in [0.2, 0.25) is 82.7 Å². The molecule has 40 nitrogen and oxygen atoms in total. The number of aliphatic hydroxyl groups is 4. The average Bonchev–Trinajstić information content (AvgIpc) is 1.74. The van der Waals surface area contributed by atoms with Gasteiger partial charge in [0.1, 0.15) is 78.5 Å². The fourth-order valence-corrected chi connectivity index (χ4v) is 11.3. The van der Waals surface area contributed by atoms with Crippen LogP contribution in [0.2, 0.25) is 0 Å². The second-order valence-electron chi connectivity index (χ2n) is 25.7. The van der Waals surface area contributed by atoms with Gasteiger partial charge in [0.15, 0.2) is 0 Å². The number of carboxylic acid groups (broad SMARTS) is 2. The molecule has 1 saturated heterocycles. The van der Waals surface area contributed by atoms with Crippen molar-refractivity contribution in [1.29, 1.82) is 0 Å². The Balaban J connectivity index is 1.50. The van der Waals surface area contributed by atoms with Gasteiger partial charge in [-0.1, -0.05) is 45.9 Å². The zero-order valence-corrected chi connectivity index (χ0v) is 59.7. The number of carboxylic acids is 2. The summed E-state index contributed by atoms with van der Waals surface area (Å²) >= 11 is 1.23. The smallest absolute Gasteiger partial charge is 0.326 e. The van der Waals surface area contributed by atoms with E-state index in [0.29, 0.717) is 22.2 Å². The van der Waals surface area contributed by atoms with Crippen molar-refractivity contribution in [3.05, 3.63) is 54.2 Å². The van der Waals surface area contributed by atoms with E-state index in [1.807, 2.05) is 0 Å². The number of amides is 14. The largest absolute Gasteiger partial charge is 0.481 e. The van der Waals surface area contributed by atoms with Crippen LogP contribution in [0.15, 0.2) is 43.0 Å². The summed E-state index contributed by atoms with van der Waals surface area (Å²) in [5.74, 6) is -18.6. The Kier molecular flexibility index (Phi) is 35.2. The standard InChI is InChI=1S/C64H96N18O22S/c1-29(2)17-39(74-52(91)31(5)71-55(94)41(20-47(66)87)75-53(92)36(65)25-83)58(97)80-50(30(3)4)62(101)79-45(27-85)63(102)82-15-10-13-46(82)60(99)77-42(21-49(89)90)57(96)76-40(18-33-22-68-37-12-9-8-11-35(33)37)56(95)78-44(26-84)59(98)73-38(14-16-105-7)54(93)81-51(32(6)86)61(100)69-24-48(88)72-43(64(103)104)19-34-23-67-28-70-34/h8-9,11-12,22-23,28-32,36,38-46,50-51,68,83-86H,10,13-21,24-27,65H2,1-7H3,(H2,66,87)(H,67,70)(H,69,100)(H,71,94)(H,72,88)(H,73,98)(H,74,91)(H,75,92)(H,76,96)(H,77,99)(H,78,95)(H,79,101)(H,80,97)(H,81,93)(H,89,90)(H,103,104)/t31-,32+,36-,38-,39-,40-,41-,42-,43-,44-,45-,46-,50-,51-/m0/s1. The number of primary amides is 1. The summed E-state index contributed by atoms with van der Waals surface area (Å²) in [4.78, 5) is 225. The Morgan fingerprint density at radius 1 is 0.610 bits per heavy atom. The number of hydrogen-bond acceptors (Lipinski definition) is 23. The number of thioether (sulfide) groups is 1. The van der Waals surface area contributed by atoms with Crippen molar-refractivity contribution in [3.63, 3.8) is 0 Å². The van der Waals surface area contributed by atoms with Crippen LogP contribution in [-0.4, -0.2) is 275 Å². The van der Waals surface area contributed by atoms with Gasteiger partial charge in [-0.25, -0.2) is 9.78 Å². The molecule has 0 aliphatic carbocycles. The lowest BCUT2D eigenvalue weighted by Gasteiger charge is -2.31. The number of carbonyl (C=O) groups is 16. The Morgan fingerprint density at radius 3 is 1.77 bits per heavy atom. The maximum atomic E-state index is 14.5. The number of aromatic amines is 2. The first-order valence-corrected chi connectivity index (χ1v) is 34.9. The molecular weight excluding hydrogens is 1400 g/mol. The molecule has 1 fully saturated rings. The number of likely N-dealkylation sites (tertiary alicyclic amines) is 1. The van der Waals surface area contributed by atoms with Crippen molar-refractivity contribution >= 4 is 117 Å². The van der Waals surface area contributed by atoms with E-state index < -0.39 is 231 Å². The molecule has 41 heteroatoms. The number of rotatable bonds is 44. The predicted molar refractivity (Wildman–Crippen MR) is 371 cm³/mol. The molecule has 0 saturated carbocycles. The molecule has 24 N–H and O–H groups in total. The number of H-pyrrole nitrogens is 2. The first-order valence-electron chi connectivity index (χ1n) is 33.5. The van der Waals surface area contributed by atoms with E-state index in [-0.39, 0.29) is 50.3 Å². The van der Waals surface area contributed by atoms with Crippen molar-refractivity contribution in [2.75, 3.05) is 44.9 Å². The lowest BCUT2D eigenvalue weighted by atomic mass is 9.99. The van der Waals surface area contributed by atoms with E-state index >= 15 is 0 Å². The summed E-state index contributed by atoms with van der Waals surface area (Å²) in [5, 5.41) is 89.5. The van der Waals surface area contributed by atoms with Crippen LogP contribution in [0.1, 0.15) is 91.3 Å². The fourth-order valence-electron chi connectivity index (χ4n) is 10.8. The van der Waals surface area contributed by atoms with Crippen LogP contribution in [0, 0.1) is 11.8 Å². The van der Waals surface area contributed by atoms with Gasteiger partial charge < -0.3 is 121 Å². The zero-order valence-electron chi connectivity index (χ0n) is 58.9. The third-order valence-electron chi connectivity index (χ3n) is 16.4. The van der Waals surface area contributed by atoms with E-state index in [0.717, 1.165) is 11.8 Å². The molecule has 14 atom stereocenters. The van der Waals surface area contributed by atoms with Crippen molar-refractivity contribution < 1.29 is 107 Å². The lowest BCUT2D eigenvalue weighted by Crippen LogP contribution is -2.62. The van der Waals surface area contributed by atoms with Crippen LogP contribution in [0.4, 0.5) is 0 Å². The third kappa shape index (κ3) is 27.3. The van der Waals surface area contributed by atoms with Crippen LogP contribution in [0.5, 0.6) is 0 Å². The summed E-state index contributed by atoms with van der Waals surface area (Å²) in [5.41, 5.74) is 12.1. The van der Waals surface area contributed by atoms with Crippen molar-refractivity contribution in [2.45, 2.75) is 178 Å². The highest BCUT2D eigenvalue weighted by atomic mass is 32.2. The Bertz CT molecular complexity index is 3560. The molecule has 0 spiro atoms. The fraction of sp³-hybridized carbons (Fsp3) is 0.578. The second kappa shape index (κ2) is 42.4. The number of benzene rings is 1. The van der Waals surface area contributed by atoms with Gasteiger partial charge in [-0.15, -0.1) is 0 Å². The second-order valence-corrected chi connectivity index (χ2v) is 26.6. The van der Waals surface area contributed by atoms with Gasteiger partial charge >= 0.3 is 11.9 Å². The Morgan fingerprint density at radius 2 is 1.18 bits per heavy atom. The molecule has 2 aromatic heterocycles. The number of nitrogens with zero attached hydrogens (tertiary/aromatic N) is 2. The van der Waals surface area contributed by atoms with Gasteiger partial charge in [-0.2, -0.15) is 11.8 Å². The molecular formula is C64H96N18O22S. The van der Waals surface area contributed by atoms with Gasteiger partial charge in [-0.05, 0) is 75.0 Å². The summed E-state index contributed by atoms with van der Waals surface area (Å²) in [7, 11) is 0. The van der Waals surface area contributed by atoms with E-state index in [4.69, 9.17) is 11.5 Å². The number of fused-ring (bicyclic) bond motifs is 1. The number of nitrogens with two attached hydrogens (primary N) is 2. The molecule has 14 amide bonds. The SMILES string of the molecule is CSCC[C@H](NC(=O)[C@H](CO)NC(=O)[C@H](Cc1c[nH]c2ccccc12)NC(=O)[C@H](CC(=O)O)NC(=O)[C@@H]1CCCN1C(=O)[C@H](CO)NC(=O)[C@@H](NC(=O)[C@H](CC(C)C)NC(=O)[C@H](C)NC(=O)[C@H](CC(N)=O)NC(=O)[C@@H](N)CO)C(C)C)C(=O)N[C@H](C(=O)NCC(=O)N[C@@H](Cc1cnc[nH]1)C(=O)O)[C@@H](C)O. The molecule has 1 aromatic carbocycles. The number of carbonyl (C=O) groups excluding carboxylic acids is 14. The monoisotopic (exact) mass is 1500 g/mol. The molecule has 1 aliphatic rings. The summed E-state index contributed by atoms with van der Waals surface area (Å²) in [6.07, 6.45) is 1.64. The first-order chi connectivity index (χ1) is 49.5. The third-order valence-corrected chi connectivity index (χ3v) is 17.1. The first kappa shape index (κ1) is 87.0. The maximum absolute atomic E-state index is 14.5. The minimum absolute atomic E-state index is 0.0293. The molecule has 3 aromatic rings. The number of aromatic nitrogens is 3. The van der Waals surface area contributed by atoms with Crippen LogP contribution in [-0.2, 0) is 89.6 Å². The molecule has 0 bridgehead atoms. The van der Waals surface area contributed by atoms with Crippen LogP contribution >= 0.6 is 11.8 Å². The highest BCUT2D eigenvalue weighted by molar-refractivity contribution is 7.98. The van der Waals surface area contributed by atoms with Crippen LogP contribution < -0.4 is 75.3 Å². The Labute approximate surface area is 606 Å². The molecule has 0 unspecified atom stereocenters. The topological polar surface area (TPSA) is 639 Å². The van der Waals surface area contributed by atoms with Crippen molar-refractivity contribution in [2.24, 2.45) is 23.3 Å². The number of aliphatic hydroxyl groups excluding tert-OH is 4. The molecule has 0 radical (unpaired) electrons. The number of hydrogen-bond donors (Lipinski definition) is 22. The lowest BCUT2D eigenvalue weighted by molar-refractivity contribution is -0.145. The minimum Gasteiger partial charge on any atom is -0.481 e. The van der Waals surface area contributed by atoms with E-state index in [9.17, 15) is 107 Å². The predicted octanol–water partition coefficient (Wildman–Crippen LogP) is -8.29. The molecule has 105 heavy (non-hydrogen) atoms. The number of para-hydroxylation sites is 1. The number of nitrogens with one attached hydrogen (secondary N) is 14. The molecule has 3 heterocycles. The zero-order chi connectivity index (χ0) is 78.5. The summed E-state index contributed by atoms with van der Waals surface area (Å²) < 4.78 is 0. The van der Waals surface area contributed by atoms with E-state index in [1.165, 1.54) is 51.3 Å². The Hall–Kier alpha value is -10.4. The number of imidazole rings is 1. The average molecular weight is 1500 g/mol. The van der Waals surface area contributed by atoms with Crippen molar-refractivity contribution in [3.8, 4) is 0 Å². The minimum atomic E-state index is -2.00. The van der Waals surface area contributed by atoms with Gasteiger partial charge in [0, 0.05) is 48.4 Å². The quantitative estimate of drug-likeness (QED) is 0.0250. The van der Waals surface area contributed by atoms with E-state index in [1.54, 1.807) is 44.4 Å². The summed E-state index contributed by atoms with van der Waals surface area (Å²) in [6.45, 7) is 4.86.